The Morgan fingerprint density at radius 1 is 1.41 bits per heavy atom. The molecule has 0 radical (unpaired) electrons. The molecule has 2 rings (SSSR count). The molecule has 0 bridgehead atoms. The first-order valence-electron chi connectivity index (χ1n) is 5.25. The first kappa shape index (κ1) is 12.1. The van der Waals surface area contributed by atoms with E-state index in [1.54, 1.807) is 11.6 Å². The van der Waals surface area contributed by atoms with E-state index in [2.05, 4.69) is 10.3 Å². The van der Waals surface area contributed by atoms with Crippen LogP contribution in [0.5, 0.6) is 0 Å². The Balaban J connectivity index is 2.23. The van der Waals surface area contributed by atoms with Gasteiger partial charge >= 0.3 is 0 Å². The molecule has 1 amide bonds. The number of aryl methyl sites for hydroxylation is 1. The fourth-order valence-electron chi connectivity index (χ4n) is 1.64. The number of aromatic nitrogens is 2. The number of imidazole rings is 1. The lowest BCUT2D eigenvalue weighted by atomic mass is 10.4. The molecule has 1 saturated heterocycles. The van der Waals surface area contributed by atoms with Crippen molar-refractivity contribution in [1.29, 1.82) is 0 Å². The quantitative estimate of drug-likeness (QED) is 0.732. The maximum Gasteiger partial charge on any atom is 0.262 e. The molecular formula is C9H14N4O3S. The van der Waals surface area contributed by atoms with Gasteiger partial charge in [0.05, 0.1) is 6.33 Å². The summed E-state index contributed by atoms with van der Waals surface area (Å²) < 4.78 is 27.2. The van der Waals surface area contributed by atoms with Gasteiger partial charge < -0.3 is 9.88 Å². The minimum Gasteiger partial charge on any atom is -0.355 e. The summed E-state index contributed by atoms with van der Waals surface area (Å²) in [5.74, 6) is -0.122. The molecule has 0 aliphatic carbocycles. The van der Waals surface area contributed by atoms with Crippen molar-refractivity contribution >= 4 is 15.9 Å². The van der Waals surface area contributed by atoms with E-state index in [1.807, 2.05) is 0 Å². The number of hydrogen-bond donors (Lipinski definition) is 1. The van der Waals surface area contributed by atoms with Crippen LogP contribution in [0.15, 0.2) is 17.6 Å². The minimum atomic E-state index is -3.58. The van der Waals surface area contributed by atoms with Gasteiger partial charge in [-0.15, -0.1) is 0 Å². The molecule has 0 saturated carbocycles. The van der Waals surface area contributed by atoms with E-state index in [1.165, 1.54) is 16.8 Å². The molecular weight excluding hydrogens is 244 g/mol. The third kappa shape index (κ3) is 2.47. The lowest BCUT2D eigenvalue weighted by Gasteiger charge is -2.17. The zero-order chi connectivity index (χ0) is 12.5. The second-order valence-electron chi connectivity index (χ2n) is 3.88. The fraction of sp³-hybridized carbons (Fsp3) is 0.556. The number of carbonyl (C=O) groups is 1. The van der Waals surface area contributed by atoms with E-state index in [4.69, 9.17) is 0 Å². The van der Waals surface area contributed by atoms with Crippen molar-refractivity contribution < 1.29 is 13.2 Å². The van der Waals surface area contributed by atoms with Crippen molar-refractivity contribution in [1.82, 2.24) is 19.2 Å². The molecule has 17 heavy (non-hydrogen) atoms. The molecule has 2 heterocycles. The molecule has 7 nitrogen and oxygen atoms in total. The Hall–Kier alpha value is -1.41. The third-order valence-corrected chi connectivity index (χ3v) is 4.34. The molecule has 1 aromatic heterocycles. The van der Waals surface area contributed by atoms with Crippen LogP contribution in [-0.2, 0) is 21.9 Å². The highest BCUT2D eigenvalue weighted by Gasteiger charge is 2.28. The van der Waals surface area contributed by atoms with Gasteiger partial charge in [-0.05, 0) is 0 Å². The lowest BCUT2D eigenvalue weighted by Crippen LogP contribution is -2.34. The second kappa shape index (κ2) is 4.46. The van der Waals surface area contributed by atoms with Crippen LogP contribution in [0, 0.1) is 0 Å². The first-order chi connectivity index (χ1) is 8.00. The molecule has 94 valence electrons. The van der Waals surface area contributed by atoms with E-state index in [0.717, 1.165) is 0 Å². The Bertz CT molecular complexity index is 522. The first-order valence-corrected chi connectivity index (χ1v) is 6.69. The number of nitrogens with zero attached hydrogens (tertiary/aromatic N) is 3. The van der Waals surface area contributed by atoms with Crippen molar-refractivity contribution in [3.05, 3.63) is 12.5 Å². The van der Waals surface area contributed by atoms with E-state index < -0.39 is 10.0 Å². The molecule has 1 aliphatic heterocycles. The average molecular weight is 258 g/mol. The SMILES string of the molecule is Cn1cnc(S(=O)(=O)N2CCNC(=O)CC2)c1. The molecule has 0 atom stereocenters. The Labute approximate surface area is 99.5 Å². The highest BCUT2D eigenvalue weighted by Crippen LogP contribution is 2.13. The van der Waals surface area contributed by atoms with E-state index in [0.29, 0.717) is 6.54 Å². The third-order valence-electron chi connectivity index (χ3n) is 2.56. The van der Waals surface area contributed by atoms with E-state index in [-0.39, 0.29) is 30.4 Å². The Morgan fingerprint density at radius 3 is 2.82 bits per heavy atom. The maximum atomic E-state index is 12.2. The van der Waals surface area contributed by atoms with Gasteiger partial charge in [-0.1, -0.05) is 0 Å². The summed E-state index contributed by atoms with van der Waals surface area (Å²) in [6.07, 6.45) is 3.08. The van der Waals surface area contributed by atoms with Gasteiger partial charge in [-0.25, -0.2) is 13.4 Å². The van der Waals surface area contributed by atoms with Gasteiger partial charge in [0.2, 0.25) is 5.91 Å². The molecule has 1 fully saturated rings. The summed E-state index contributed by atoms with van der Waals surface area (Å²) in [5, 5.41) is 2.66. The molecule has 1 aromatic rings. The summed E-state index contributed by atoms with van der Waals surface area (Å²) in [6.45, 7) is 0.820. The lowest BCUT2D eigenvalue weighted by molar-refractivity contribution is -0.120. The number of amides is 1. The van der Waals surface area contributed by atoms with Crippen LogP contribution < -0.4 is 5.32 Å². The van der Waals surface area contributed by atoms with Crippen LogP contribution in [-0.4, -0.2) is 47.8 Å². The number of carbonyl (C=O) groups excluding carboxylic acids is 1. The monoisotopic (exact) mass is 258 g/mol. The average Bonchev–Trinajstić information content (AvgIpc) is 2.58. The highest BCUT2D eigenvalue weighted by molar-refractivity contribution is 7.89. The predicted molar refractivity (Wildman–Crippen MR) is 59.6 cm³/mol. The number of nitrogens with one attached hydrogen (secondary N) is 1. The summed E-state index contributed by atoms with van der Waals surface area (Å²) in [6, 6.07) is 0. The van der Waals surface area contributed by atoms with Crippen LogP contribution in [0.4, 0.5) is 0 Å². The van der Waals surface area contributed by atoms with Gasteiger partial charge in [0, 0.05) is 39.3 Å². The van der Waals surface area contributed by atoms with Crippen molar-refractivity contribution in [2.45, 2.75) is 11.4 Å². The Morgan fingerprint density at radius 2 is 2.18 bits per heavy atom. The number of sulfonamides is 1. The largest absolute Gasteiger partial charge is 0.355 e. The van der Waals surface area contributed by atoms with Crippen molar-refractivity contribution in [3.8, 4) is 0 Å². The van der Waals surface area contributed by atoms with Crippen LogP contribution in [0.3, 0.4) is 0 Å². The summed E-state index contributed by atoms with van der Waals surface area (Å²) in [5.41, 5.74) is 0. The van der Waals surface area contributed by atoms with Gasteiger partial charge in [0.25, 0.3) is 10.0 Å². The van der Waals surface area contributed by atoms with Crippen molar-refractivity contribution in [2.24, 2.45) is 7.05 Å². The number of rotatable bonds is 2. The van der Waals surface area contributed by atoms with Crippen LogP contribution in [0.1, 0.15) is 6.42 Å². The normalized spacial score (nSPS) is 18.8. The highest BCUT2D eigenvalue weighted by atomic mass is 32.2. The number of hydrogen-bond acceptors (Lipinski definition) is 4. The fourth-order valence-corrected chi connectivity index (χ4v) is 3.05. The topological polar surface area (TPSA) is 84.3 Å². The van der Waals surface area contributed by atoms with Crippen LogP contribution in [0.2, 0.25) is 0 Å². The molecule has 0 spiro atoms. The molecule has 0 aromatic carbocycles. The Kier molecular flexibility index (Phi) is 3.16. The second-order valence-corrected chi connectivity index (χ2v) is 5.77. The van der Waals surface area contributed by atoms with Gasteiger partial charge in [-0.2, -0.15) is 4.31 Å². The predicted octanol–water partition coefficient (Wildman–Crippen LogP) is -1.07. The summed E-state index contributed by atoms with van der Waals surface area (Å²) in [7, 11) is -1.87. The minimum absolute atomic E-state index is 0.0225. The smallest absolute Gasteiger partial charge is 0.262 e. The maximum absolute atomic E-state index is 12.2. The molecule has 0 unspecified atom stereocenters. The zero-order valence-corrected chi connectivity index (χ0v) is 10.3. The van der Waals surface area contributed by atoms with Crippen molar-refractivity contribution in [2.75, 3.05) is 19.6 Å². The molecule has 1 aliphatic rings. The van der Waals surface area contributed by atoms with Gasteiger partial charge in [0.15, 0.2) is 5.03 Å². The molecule has 8 heteroatoms. The van der Waals surface area contributed by atoms with Gasteiger partial charge in [-0.3, -0.25) is 4.79 Å². The zero-order valence-electron chi connectivity index (χ0n) is 9.46. The van der Waals surface area contributed by atoms with E-state index >= 15 is 0 Å². The summed E-state index contributed by atoms with van der Waals surface area (Å²) in [4.78, 5) is 15.0. The van der Waals surface area contributed by atoms with Crippen molar-refractivity contribution in [3.63, 3.8) is 0 Å². The van der Waals surface area contributed by atoms with Gasteiger partial charge in [0.1, 0.15) is 0 Å². The van der Waals surface area contributed by atoms with Crippen LogP contribution in [0.25, 0.3) is 0 Å². The summed E-state index contributed by atoms with van der Waals surface area (Å²) >= 11 is 0. The standard InChI is InChI=1S/C9H14N4O3S/c1-12-6-9(11-7-12)17(15,16)13-4-2-8(14)10-3-5-13/h6-7H,2-5H2,1H3,(H,10,14). The van der Waals surface area contributed by atoms with E-state index in [9.17, 15) is 13.2 Å². The molecule has 1 N–H and O–H groups in total. The van der Waals surface area contributed by atoms with Crippen LogP contribution >= 0.6 is 0 Å².